The number of urea groups is 1. The number of amides is 2. The topological polar surface area (TPSA) is 76.7 Å². The van der Waals surface area contributed by atoms with Crippen LogP contribution in [0.5, 0.6) is 5.75 Å². The number of esters is 1. The quantitative estimate of drug-likeness (QED) is 0.710. The molecular formula is C24H28N2O4. The van der Waals surface area contributed by atoms with Crippen LogP contribution in [0.15, 0.2) is 60.2 Å². The van der Waals surface area contributed by atoms with E-state index in [1.54, 1.807) is 13.8 Å². The lowest BCUT2D eigenvalue weighted by Crippen LogP contribution is -2.45. The van der Waals surface area contributed by atoms with Gasteiger partial charge in [-0.3, -0.25) is 0 Å². The van der Waals surface area contributed by atoms with Crippen molar-refractivity contribution in [3.05, 3.63) is 71.3 Å². The highest BCUT2D eigenvalue weighted by Crippen LogP contribution is 2.33. The first-order valence-corrected chi connectivity index (χ1v) is 10.0. The highest BCUT2D eigenvalue weighted by Gasteiger charge is 2.34. The lowest BCUT2D eigenvalue weighted by molar-refractivity contribution is -0.143. The van der Waals surface area contributed by atoms with E-state index >= 15 is 0 Å². The molecule has 2 aromatic rings. The van der Waals surface area contributed by atoms with Gasteiger partial charge < -0.3 is 20.1 Å². The van der Waals surface area contributed by atoms with Gasteiger partial charge in [0.25, 0.3) is 0 Å². The van der Waals surface area contributed by atoms with Gasteiger partial charge in [-0.05, 0) is 57.9 Å². The Labute approximate surface area is 177 Å². The Hall–Kier alpha value is -3.28. The fourth-order valence-electron chi connectivity index (χ4n) is 3.23. The van der Waals surface area contributed by atoms with Gasteiger partial charge in [0, 0.05) is 0 Å². The van der Waals surface area contributed by atoms with Crippen LogP contribution in [-0.2, 0) is 9.53 Å². The van der Waals surface area contributed by atoms with Gasteiger partial charge in [0.15, 0.2) is 0 Å². The summed E-state index contributed by atoms with van der Waals surface area (Å²) in [5.74, 6) is 0.237. The van der Waals surface area contributed by atoms with E-state index in [0.717, 1.165) is 11.1 Å². The van der Waals surface area contributed by atoms with Crippen molar-refractivity contribution in [2.24, 2.45) is 0 Å². The van der Waals surface area contributed by atoms with Gasteiger partial charge in [-0.2, -0.15) is 0 Å². The zero-order valence-electron chi connectivity index (χ0n) is 18.0. The summed E-state index contributed by atoms with van der Waals surface area (Å²) in [6, 6.07) is 15.6. The average Bonchev–Trinajstić information content (AvgIpc) is 2.66. The van der Waals surface area contributed by atoms with Crippen LogP contribution < -0.4 is 15.4 Å². The Balaban J connectivity index is 2.06. The van der Waals surface area contributed by atoms with Crippen molar-refractivity contribution < 1.29 is 19.1 Å². The summed E-state index contributed by atoms with van der Waals surface area (Å²) in [7, 11) is 0. The largest absolute Gasteiger partial charge is 0.488 e. The van der Waals surface area contributed by atoms with Crippen molar-refractivity contribution in [2.45, 2.75) is 52.4 Å². The fourth-order valence-corrected chi connectivity index (χ4v) is 3.23. The lowest BCUT2D eigenvalue weighted by Gasteiger charge is -2.30. The Kier molecular flexibility index (Phi) is 6.15. The maximum absolute atomic E-state index is 13.0. The second kappa shape index (κ2) is 8.61. The SMILES string of the molecule is CC(C)OC(=O)C1=C(c2ccccc2)NC(=O)NC1c1ccc(OC(C)(C)C)cc1. The van der Waals surface area contributed by atoms with Gasteiger partial charge in [-0.1, -0.05) is 42.5 Å². The van der Waals surface area contributed by atoms with Crippen LogP contribution in [0.3, 0.4) is 0 Å². The van der Waals surface area contributed by atoms with Crippen LogP contribution >= 0.6 is 0 Å². The molecule has 2 amide bonds. The average molecular weight is 408 g/mol. The molecule has 0 saturated heterocycles. The van der Waals surface area contributed by atoms with Gasteiger partial charge in [0.1, 0.15) is 11.4 Å². The molecule has 158 valence electrons. The fraction of sp³-hybridized carbons (Fsp3) is 0.333. The number of carbonyl (C=O) groups is 2. The lowest BCUT2D eigenvalue weighted by atomic mass is 9.92. The van der Waals surface area contributed by atoms with Crippen molar-refractivity contribution >= 4 is 17.7 Å². The minimum absolute atomic E-state index is 0.289. The van der Waals surface area contributed by atoms with Gasteiger partial charge in [0.05, 0.1) is 23.4 Å². The van der Waals surface area contributed by atoms with E-state index in [0.29, 0.717) is 17.0 Å². The summed E-state index contributed by atoms with van der Waals surface area (Å²) in [4.78, 5) is 25.5. The summed E-state index contributed by atoms with van der Waals surface area (Å²) >= 11 is 0. The molecule has 3 rings (SSSR count). The van der Waals surface area contributed by atoms with Gasteiger partial charge in [-0.15, -0.1) is 0 Å². The van der Waals surface area contributed by atoms with Gasteiger partial charge >= 0.3 is 12.0 Å². The van der Waals surface area contributed by atoms with E-state index < -0.39 is 12.0 Å². The molecule has 2 N–H and O–H groups in total. The Bertz CT molecular complexity index is 941. The molecule has 1 heterocycles. The highest BCUT2D eigenvalue weighted by molar-refractivity contribution is 6.04. The molecule has 0 fully saturated rings. The maximum atomic E-state index is 13.0. The number of hydrogen-bond donors (Lipinski definition) is 2. The number of hydrogen-bond acceptors (Lipinski definition) is 4. The number of rotatable bonds is 5. The molecule has 6 nitrogen and oxygen atoms in total. The van der Waals surface area contributed by atoms with E-state index in [1.807, 2.05) is 75.4 Å². The predicted octanol–water partition coefficient (Wildman–Crippen LogP) is 4.58. The molecule has 2 aromatic carbocycles. The molecule has 30 heavy (non-hydrogen) atoms. The van der Waals surface area contributed by atoms with E-state index in [4.69, 9.17) is 9.47 Å². The normalized spacial score (nSPS) is 16.7. The van der Waals surface area contributed by atoms with Crippen molar-refractivity contribution in [3.63, 3.8) is 0 Å². The first-order chi connectivity index (χ1) is 14.1. The summed E-state index contributed by atoms with van der Waals surface area (Å²) in [5.41, 5.74) is 1.98. The van der Waals surface area contributed by atoms with E-state index in [1.165, 1.54) is 0 Å². The minimum atomic E-state index is -0.649. The maximum Gasteiger partial charge on any atom is 0.338 e. The molecule has 1 atom stereocenters. The highest BCUT2D eigenvalue weighted by atomic mass is 16.5. The molecule has 0 saturated carbocycles. The van der Waals surface area contributed by atoms with E-state index in [-0.39, 0.29) is 17.7 Å². The standard InChI is InChI=1S/C24H28N2O4/c1-15(2)29-22(27)19-20(16-9-7-6-8-10-16)25-23(28)26-21(19)17-11-13-18(14-12-17)30-24(3,4)5/h6-15,21H,1-5H3,(H2,25,26,28). The third-order valence-electron chi connectivity index (χ3n) is 4.33. The van der Waals surface area contributed by atoms with Crippen LogP contribution in [-0.4, -0.2) is 23.7 Å². The molecule has 0 radical (unpaired) electrons. The second-order valence-corrected chi connectivity index (χ2v) is 8.42. The molecule has 1 unspecified atom stereocenters. The number of nitrogens with one attached hydrogen (secondary N) is 2. The summed E-state index contributed by atoms with van der Waals surface area (Å²) in [5, 5.41) is 5.64. The number of ether oxygens (including phenoxy) is 2. The molecule has 0 spiro atoms. The van der Waals surface area contributed by atoms with Crippen LogP contribution in [0.4, 0.5) is 4.79 Å². The Morgan fingerprint density at radius 3 is 2.20 bits per heavy atom. The second-order valence-electron chi connectivity index (χ2n) is 8.42. The van der Waals surface area contributed by atoms with Crippen molar-refractivity contribution in [1.29, 1.82) is 0 Å². The van der Waals surface area contributed by atoms with Crippen molar-refractivity contribution in [1.82, 2.24) is 10.6 Å². The summed E-state index contributed by atoms with van der Waals surface area (Å²) < 4.78 is 11.4. The van der Waals surface area contributed by atoms with Gasteiger partial charge in [0.2, 0.25) is 0 Å². The molecule has 0 aromatic heterocycles. The van der Waals surface area contributed by atoms with E-state index in [2.05, 4.69) is 10.6 Å². The summed E-state index contributed by atoms with van der Waals surface area (Å²) in [6.45, 7) is 9.51. The predicted molar refractivity (Wildman–Crippen MR) is 116 cm³/mol. The summed E-state index contributed by atoms with van der Waals surface area (Å²) in [6.07, 6.45) is -0.289. The first-order valence-electron chi connectivity index (χ1n) is 10.0. The zero-order chi connectivity index (χ0) is 21.9. The smallest absolute Gasteiger partial charge is 0.338 e. The van der Waals surface area contributed by atoms with Crippen LogP contribution in [0, 0.1) is 0 Å². The monoisotopic (exact) mass is 408 g/mol. The number of benzene rings is 2. The third kappa shape index (κ3) is 5.20. The molecule has 6 heteroatoms. The molecule has 0 aliphatic carbocycles. The minimum Gasteiger partial charge on any atom is -0.488 e. The number of carbonyl (C=O) groups excluding carboxylic acids is 2. The van der Waals surface area contributed by atoms with Gasteiger partial charge in [-0.25, -0.2) is 9.59 Å². The molecule has 1 aliphatic rings. The Morgan fingerprint density at radius 2 is 1.63 bits per heavy atom. The third-order valence-corrected chi connectivity index (χ3v) is 4.33. The van der Waals surface area contributed by atoms with Crippen LogP contribution in [0.2, 0.25) is 0 Å². The molecule has 0 bridgehead atoms. The molecule has 1 aliphatic heterocycles. The molecular weight excluding hydrogens is 380 g/mol. The first kappa shape index (κ1) is 21.4. The van der Waals surface area contributed by atoms with Crippen molar-refractivity contribution in [3.8, 4) is 5.75 Å². The zero-order valence-corrected chi connectivity index (χ0v) is 18.0. The Morgan fingerprint density at radius 1 is 1.00 bits per heavy atom. The van der Waals surface area contributed by atoms with Crippen molar-refractivity contribution in [2.75, 3.05) is 0 Å². The van der Waals surface area contributed by atoms with Crippen LogP contribution in [0.1, 0.15) is 51.8 Å². The van der Waals surface area contributed by atoms with Crippen LogP contribution in [0.25, 0.3) is 5.70 Å². The van der Waals surface area contributed by atoms with E-state index in [9.17, 15) is 9.59 Å².